The van der Waals surface area contributed by atoms with Crippen LogP contribution in [0, 0.1) is 6.92 Å². The van der Waals surface area contributed by atoms with E-state index in [2.05, 4.69) is 25.0 Å². The third kappa shape index (κ3) is 4.22. The SMILES string of the molecule is COc1cc(N[C@@H]2CCCN(Cc3nnc(C)n3C)C2)cc(OC)c1. The molecular weight excluding hydrogens is 318 g/mol. The summed E-state index contributed by atoms with van der Waals surface area (Å²) < 4.78 is 12.8. The van der Waals surface area contributed by atoms with Crippen molar-refractivity contribution in [2.45, 2.75) is 32.4 Å². The van der Waals surface area contributed by atoms with Crippen molar-refractivity contribution >= 4 is 5.69 Å². The molecule has 25 heavy (non-hydrogen) atoms. The van der Waals surface area contributed by atoms with Gasteiger partial charge in [0.25, 0.3) is 0 Å². The molecule has 2 heterocycles. The van der Waals surface area contributed by atoms with Crippen LogP contribution < -0.4 is 14.8 Å². The van der Waals surface area contributed by atoms with Crippen molar-refractivity contribution < 1.29 is 9.47 Å². The summed E-state index contributed by atoms with van der Waals surface area (Å²) in [5.41, 5.74) is 1.03. The molecule has 0 spiro atoms. The molecule has 2 aromatic rings. The van der Waals surface area contributed by atoms with Crippen LogP contribution in [0.2, 0.25) is 0 Å². The molecule has 0 saturated carbocycles. The molecule has 0 unspecified atom stereocenters. The van der Waals surface area contributed by atoms with Gasteiger partial charge in [0.1, 0.15) is 23.1 Å². The van der Waals surface area contributed by atoms with Crippen LogP contribution >= 0.6 is 0 Å². The Kier molecular flexibility index (Phi) is 5.43. The fraction of sp³-hybridized carbons (Fsp3) is 0.556. The molecule has 1 atom stereocenters. The summed E-state index contributed by atoms with van der Waals surface area (Å²) >= 11 is 0. The number of rotatable bonds is 6. The maximum atomic E-state index is 5.35. The second-order valence-electron chi connectivity index (χ2n) is 6.54. The number of nitrogens with one attached hydrogen (secondary N) is 1. The Morgan fingerprint density at radius 1 is 1.16 bits per heavy atom. The number of ether oxygens (including phenoxy) is 2. The van der Waals surface area contributed by atoms with E-state index in [-0.39, 0.29) is 0 Å². The van der Waals surface area contributed by atoms with Gasteiger partial charge >= 0.3 is 0 Å². The Labute approximate surface area is 148 Å². The highest BCUT2D eigenvalue weighted by molar-refractivity contribution is 5.54. The van der Waals surface area contributed by atoms with Gasteiger partial charge in [-0.2, -0.15) is 0 Å². The number of aryl methyl sites for hydroxylation is 1. The first-order chi connectivity index (χ1) is 12.1. The number of nitrogens with zero attached hydrogens (tertiary/aromatic N) is 4. The maximum absolute atomic E-state index is 5.35. The molecule has 1 aliphatic rings. The third-order valence-electron chi connectivity index (χ3n) is 4.78. The number of anilines is 1. The number of likely N-dealkylation sites (tertiary alicyclic amines) is 1. The van der Waals surface area contributed by atoms with Crippen molar-refractivity contribution in [1.29, 1.82) is 0 Å². The minimum Gasteiger partial charge on any atom is -0.497 e. The minimum atomic E-state index is 0.389. The summed E-state index contributed by atoms with van der Waals surface area (Å²) in [6, 6.07) is 6.29. The minimum absolute atomic E-state index is 0.389. The zero-order valence-electron chi connectivity index (χ0n) is 15.5. The average Bonchev–Trinajstić information content (AvgIpc) is 2.93. The molecule has 1 aliphatic heterocycles. The number of aromatic nitrogens is 3. The van der Waals surface area contributed by atoms with Crippen molar-refractivity contribution in [2.75, 3.05) is 32.6 Å². The van der Waals surface area contributed by atoms with Crippen molar-refractivity contribution in [3.63, 3.8) is 0 Å². The summed E-state index contributed by atoms with van der Waals surface area (Å²) in [6.45, 7) is 4.88. The van der Waals surface area contributed by atoms with Crippen LogP contribution in [0.1, 0.15) is 24.5 Å². The van der Waals surface area contributed by atoms with Crippen LogP contribution in [0.4, 0.5) is 5.69 Å². The van der Waals surface area contributed by atoms with Crippen molar-refractivity contribution in [1.82, 2.24) is 19.7 Å². The van der Waals surface area contributed by atoms with Crippen LogP contribution in [0.3, 0.4) is 0 Å². The van der Waals surface area contributed by atoms with Crippen LogP contribution in [0.15, 0.2) is 18.2 Å². The van der Waals surface area contributed by atoms with Gasteiger partial charge in [-0.15, -0.1) is 10.2 Å². The average molecular weight is 345 g/mol. The largest absolute Gasteiger partial charge is 0.497 e. The van der Waals surface area contributed by atoms with E-state index in [4.69, 9.17) is 9.47 Å². The Morgan fingerprint density at radius 2 is 1.88 bits per heavy atom. The summed E-state index contributed by atoms with van der Waals surface area (Å²) in [7, 11) is 5.36. The van der Waals surface area contributed by atoms with E-state index in [0.29, 0.717) is 6.04 Å². The fourth-order valence-electron chi connectivity index (χ4n) is 3.23. The lowest BCUT2D eigenvalue weighted by Crippen LogP contribution is -2.42. The van der Waals surface area contributed by atoms with E-state index in [1.54, 1.807) is 14.2 Å². The second kappa shape index (κ2) is 7.74. The lowest BCUT2D eigenvalue weighted by atomic mass is 10.1. The van der Waals surface area contributed by atoms with Gasteiger partial charge in [0.2, 0.25) is 0 Å². The maximum Gasteiger partial charge on any atom is 0.146 e. The molecule has 0 bridgehead atoms. The first-order valence-corrected chi connectivity index (χ1v) is 8.66. The summed E-state index contributed by atoms with van der Waals surface area (Å²) in [5.74, 6) is 3.56. The van der Waals surface area contributed by atoms with Crippen LogP contribution in [-0.2, 0) is 13.6 Å². The quantitative estimate of drug-likeness (QED) is 0.866. The molecule has 1 aromatic carbocycles. The summed E-state index contributed by atoms with van der Waals surface area (Å²) in [4.78, 5) is 2.43. The molecule has 0 radical (unpaired) electrons. The molecule has 136 valence electrons. The number of piperidine rings is 1. The van der Waals surface area contributed by atoms with Gasteiger partial charge in [0.05, 0.1) is 20.8 Å². The summed E-state index contributed by atoms with van der Waals surface area (Å²) in [6.07, 6.45) is 2.31. The van der Waals surface area contributed by atoms with Crippen molar-refractivity contribution in [2.24, 2.45) is 7.05 Å². The van der Waals surface area contributed by atoms with E-state index >= 15 is 0 Å². The van der Waals surface area contributed by atoms with E-state index in [0.717, 1.165) is 61.3 Å². The van der Waals surface area contributed by atoms with Crippen LogP contribution in [0.5, 0.6) is 11.5 Å². The summed E-state index contributed by atoms with van der Waals surface area (Å²) in [5, 5.41) is 12.1. The van der Waals surface area contributed by atoms with Gasteiger partial charge in [-0.05, 0) is 26.3 Å². The van der Waals surface area contributed by atoms with Gasteiger partial charge in [-0.25, -0.2) is 0 Å². The van der Waals surface area contributed by atoms with E-state index < -0.39 is 0 Å². The molecule has 0 aliphatic carbocycles. The topological polar surface area (TPSA) is 64.4 Å². The zero-order chi connectivity index (χ0) is 17.8. The number of benzene rings is 1. The Hall–Kier alpha value is -2.28. The number of methoxy groups -OCH3 is 2. The third-order valence-corrected chi connectivity index (χ3v) is 4.78. The lowest BCUT2D eigenvalue weighted by Gasteiger charge is -2.33. The molecular formula is C18H27N5O2. The van der Waals surface area contributed by atoms with Gasteiger partial charge in [0, 0.05) is 43.5 Å². The first kappa shape index (κ1) is 17.5. The van der Waals surface area contributed by atoms with E-state index in [1.165, 1.54) is 0 Å². The van der Waals surface area contributed by atoms with Gasteiger partial charge in [-0.3, -0.25) is 4.90 Å². The normalized spacial score (nSPS) is 18.2. The fourth-order valence-corrected chi connectivity index (χ4v) is 3.23. The highest BCUT2D eigenvalue weighted by Crippen LogP contribution is 2.27. The number of hydrogen-bond acceptors (Lipinski definition) is 6. The predicted octanol–water partition coefficient (Wildman–Crippen LogP) is 2.22. The molecule has 7 heteroatoms. The highest BCUT2D eigenvalue weighted by Gasteiger charge is 2.21. The van der Waals surface area contributed by atoms with Gasteiger partial charge < -0.3 is 19.4 Å². The Bertz CT molecular complexity index is 693. The molecule has 1 N–H and O–H groups in total. The smallest absolute Gasteiger partial charge is 0.146 e. The van der Waals surface area contributed by atoms with Crippen molar-refractivity contribution in [3.8, 4) is 11.5 Å². The molecule has 1 saturated heterocycles. The van der Waals surface area contributed by atoms with E-state index in [9.17, 15) is 0 Å². The van der Waals surface area contributed by atoms with Gasteiger partial charge in [0.15, 0.2) is 0 Å². The Morgan fingerprint density at radius 3 is 2.48 bits per heavy atom. The van der Waals surface area contributed by atoms with Gasteiger partial charge in [-0.1, -0.05) is 0 Å². The zero-order valence-corrected chi connectivity index (χ0v) is 15.5. The number of hydrogen-bond donors (Lipinski definition) is 1. The molecule has 1 fully saturated rings. The predicted molar refractivity (Wildman–Crippen MR) is 97.2 cm³/mol. The lowest BCUT2D eigenvalue weighted by molar-refractivity contribution is 0.202. The highest BCUT2D eigenvalue weighted by atomic mass is 16.5. The monoisotopic (exact) mass is 345 g/mol. The molecule has 1 aromatic heterocycles. The second-order valence-corrected chi connectivity index (χ2v) is 6.54. The first-order valence-electron chi connectivity index (χ1n) is 8.66. The van der Waals surface area contributed by atoms with Crippen LogP contribution in [-0.4, -0.2) is 53.0 Å². The standard InChI is InChI=1S/C18H27N5O2/c1-13-20-21-18(22(13)2)12-23-7-5-6-14(11-23)19-15-8-16(24-3)10-17(9-15)25-4/h8-10,14,19H,5-7,11-12H2,1-4H3/t14-/m1/s1. The molecule has 7 nitrogen and oxygen atoms in total. The van der Waals surface area contributed by atoms with Crippen LogP contribution in [0.25, 0.3) is 0 Å². The molecule has 3 rings (SSSR count). The van der Waals surface area contributed by atoms with E-state index in [1.807, 2.05) is 32.2 Å². The Balaban J connectivity index is 1.64. The molecule has 0 amide bonds. The van der Waals surface area contributed by atoms with Crippen molar-refractivity contribution in [3.05, 3.63) is 29.8 Å².